The van der Waals surface area contributed by atoms with Crippen molar-refractivity contribution in [2.45, 2.75) is 33.7 Å². The van der Waals surface area contributed by atoms with E-state index in [2.05, 4.69) is 76.9 Å². The molecule has 4 rings (SSSR count). The zero-order chi connectivity index (χ0) is 16.7. The number of para-hydroxylation sites is 2. The van der Waals surface area contributed by atoms with E-state index in [1.54, 1.807) is 0 Å². The van der Waals surface area contributed by atoms with E-state index in [1.165, 1.54) is 27.4 Å². The van der Waals surface area contributed by atoms with Gasteiger partial charge < -0.3 is 4.57 Å². The van der Waals surface area contributed by atoms with Gasteiger partial charge in [-0.2, -0.15) is 0 Å². The van der Waals surface area contributed by atoms with Gasteiger partial charge in [-0.25, -0.2) is 9.97 Å². The Hall–Kier alpha value is -2.68. The first-order valence-corrected chi connectivity index (χ1v) is 8.42. The minimum absolute atomic E-state index is 0.857. The SMILES string of the molecule is Cc1nc(C)c(C)c(CCn2c3ccccc3c3ccccc32)n1. The van der Waals surface area contributed by atoms with E-state index in [9.17, 15) is 0 Å². The highest BCUT2D eigenvalue weighted by molar-refractivity contribution is 6.07. The predicted molar refractivity (Wildman–Crippen MR) is 99.4 cm³/mol. The molecule has 0 spiro atoms. The Morgan fingerprint density at radius 1 is 0.792 bits per heavy atom. The lowest BCUT2D eigenvalue weighted by molar-refractivity contribution is 0.717. The minimum atomic E-state index is 0.857. The maximum atomic E-state index is 4.67. The van der Waals surface area contributed by atoms with Crippen LogP contribution in [0.1, 0.15) is 22.8 Å². The Balaban J connectivity index is 1.80. The van der Waals surface area contributed by atoms with Crippen molar-refractivity contribution in [1.82, 2.24) is 14.5 Å². The average molecular weight is 315 g/mol. The highest BCUT2D eigenvalue weighted by Gasteiger charge is 2.11. The number of hydrogen-bond acceptors (Lipinski definition) is 2. The molecule has 2 heterocycles. The van der Waals surface area contributed by atoms with Crippen molar-refractivity contribution in [3.63, 3.8) is 0 Å². The fraction of sp³-hybridized carbons (Fsp3) is 0.238. The van der Waals surface area contributed by atoms with E-state index in [0.717, 1.165) is 30.2 Å². The maximum Gasteiger partial charge on any atom is 0.125 e. The van der Waals surface area contributed by atoms with Crippen molar-refractivity contribution in [1.29, 1.82) is 0 Å². The van der Waals surface area contributed by atoms with E-state index in [4.69, 9.17) is 0 Å². The molecule has 0 saturated carbocycles. The first-order chi connectivity index (χ1) is 11.6. The van der Waals surface area contributed by atoms with Crippen LogP contribution in [0.4, 0.5) is 0 Å². The van der Waals surface area contributed by atoms with Crippen molar-refractivity contribution in [3.8, 4) is 0 Å². The molecule has 4 aromatic rings. The first-order valence-electron chi connectivity index (χ1n) is 8.42. The van der Waals surface area contributed by atoms with Crippen molar-refractivity contribution >= 4 is 21.8 Å². The molecule has 0 N–H and O–H groups in total. The van der Waals surface area contributed by atoms with Crippen molar-refractivity contribution in [2.75, 3.05) is 0 Å². The molecule has 0 atom stereocenters. The van der Waals surface area contributed by atoms with E-state index in [-0.39, 0.29) is 0 Å². The molecule has 0 amide bonds. The Morgan fingerprint density at radius 2 is 1.38 bits per heavy atom. The second-order valence-corrected chi connectivity index (χ2v) is 6.36. The molecule has 0 aliphatic heterocycles. The zero-order valence-electron chi connectivity index (χ0n) is 14.4. The number of benzene rings is 2. The number of aromatic nitrogens is 3. The topological polar surface area (TPSA) is 30.7 Å². The molecule has 2 aromatic heterocycles. The summed E-state index contributed by atoms with van der Waals surface area (Å²) in [5.41, 5.74) is 6.03. The van der Waals surface area contributed by atoms with Gasteiger partial charge in [0.25, 0.3) is 0 Å². The smallest absolute Gasteiger partial charge is 0.125 e. The van der Waals surface area contributed by atoms with Crippen LogP contribution in [0.15, 0.2) is 48.5 Å². The third-order valence-electron chi connectivity index (χ3n) is 4.85. The molecule has 0 fully saturated rings. The molecule has 24 heavy (non-hydrogen) atoms. The molecule has 0 aliphatic rings. The van der Waals surface area contributed by atoms with Gasteiger partial charge in [0.15, 0.2) is 0 Å². The Kier molecular flexibility index (Phi) is 3.57. The van der Waals surface area contributed by atoms with Gasteiger partial charge in [-0.1, -0.05) is 36.4 Å². The molecule has 0 radical (unpaired) electrons. The van der Waals surface area contributed by atoms with Crippen molar-refractivity contribution in [2.24, 2.45) is 0 Å². The summed E-state index contributed by atoms with van der Waals surface area (Å²) >= 11 is 0. The summed E-state index contributed by atoms with van der Waals surface area (Å²) in [5.74, 6) is 0.857. The summed E-state index contributed by atoms with van der Waals surface area (Å²) in [6.07, 6.45) is 0.915. The summed E-state index contributed by atoms with van der Waals surface area (Å²) in [6, 6.07) is 17.3. The van der Waals surface area contributed by atoms with E-state index < -0.39 is 0 Å². The van der Waals surface area contributed by atoms with Gasteiger partial charge in [0.1, 0.15) is 5.82 Å². The fourth-order valence-electron chi connectivity index (χ4n) is 3.54. The minimum Gasteiger partial charge on any atom is -0.340 e. The molecule has 3 nitrogen and oxygen atoms in total. The first kappa shape index (κ1) is 14.9. The molecular formula is C21H21N3. The Morgan fingerprint density at radius 3 is 2.00 bits per heavy atom. The lowest BCUT2D eigenvalue weighted by Crippen LogP contribution is -2.07. The van der Waals surface area contributed by atoms with E-state index in [0.29, 0.717) is 0 Å². The molecule has 0 saturated heterocycles. The summed E-state index contributed by atoms with van der Waals surface area (Å²) in [6.45, 7) is 7.07. The molecule has 2 aromatic carbocycles. The molecule has 0 bridgehead atoms. The number of aryl methyl sites for hydroxylation is 4. The van der Waals surface area contributed by atoms with Crippen LogP contribution in [-0.2, 0) is 13.0 Å². The maximum absolute atomic E-state index is 4.67. The average Bonchev–Trinajstić information content (AvgIpc) is 2.91. The standard InChI is InChI=1S/C21H21N3/c1-14-15(2)22-16(3)23-19(14)12-13-24-20-10-6-4-8-17(20)18-9-5-7-11-21(18)24/h4-11H,12-13H2,1-3H3. The third kappa shape index (κ3) is 2.37. The van der Waals surface area contributed by atoms with Gasteiger partial charge in [-0.05, 0) is 38.5 Å². The van der Waals surface area contributed by atoms with Crippen LogP contribution < -0.4 is 0 Å². The van der Waals surface area contributed by atoms with Gasteiger partial charge in [-0.3, -0.25) is 0 Å². The summed E-state index contributed by atoms with van der Waals surface area (Å²) in [5, 5.41) is 2.64. The van der Waals surface area contributed by atoms with Crippen LogP contribution in [0.25, 0.3) is 21.8 Å². The van der Waals surface area contributed by atoms with E-state index in [1.807, 2.05) is 6.92 Å². The summed E-state index contributed by atoms with van der Waals surface area (Å²) in [7, 11) is 0. The third-order valence-corrected chi connectivity index (χ3v) is 4.85. The van der Waals surface area contributed by atoms with Gasteiger partial charge in [0.2, 0.25) is 0 Å². The number of nitrogens with zero attached hydrogens (tertiary/aromatic N) is 3. The van der Waals surface area contributed by atoms with Crippen LogP contribution in [-0.4, -0.2) is 14.5 Å². The van der Waals surface area contributed by atoms with Crippen molar-refractivity contribution in [3.05, 3.63) is 71.3 Å². The van der Waals surface area contributed by atoms with Crippen LogP contribution in [0.3, 0.4) is 0 Å². The van der Waals surface area contributed by atoms with Crippen molar-refractivity contribution < 1.29 is 0 Å². The monoisotopic (exact) mass is 315 g/mol. The molecular weight excluding hydrogens is 294 g/mol. The highest BCUT2D eigenvalue weighted by Crippen LogP contribution is 2.29. The molecule has 0 unspecified atom stereocenters. The van der Waals surface area contributed by atoms with Gasteiger partial charge >= 0.3 is 0 Å². The van der Waals surface area contributed by atoms with Crippen LogP contribution in [0, 0.1) is 20.8 Å². The summed E-state index contributed by atoms with van der Waals surface area (Å²) < 4.78 is 2.41. The number of rotatable bonds is 3. The lowest BCUT2D eigenvalue weighted by atomic mass is 10.1. The summed E-state index contributed by atoms with van der Waals surface area (Å²) in [4.78, 5) is 9.13. The molecule has 0 aliphatic carbocycles. The quantitative estimate of drug-likeness (QED) is 0.546. The van der Waals surface area contributed by atoms with Gasteiger partial charge in [-0.15, -0.1) is 0 Å². The largest absolute Gasteiger partial charge is 0.340 e. The van der Waals surface area contributed by atoms with Crippen LogP contribution in [0.2, 0.25) is 0 Å². The number of fused-ring (bicyclic) bond motifs is 3. The van der Waals surface area contributed by atoms with Gasteiger partial charge in [0.05, 0.1) is 0 Å². The highest BCUT2D eigenvalue weighted by atomic mass is 15.0. The Labute approximate surface area is 142 Å². The number of hydrogen-bond donors (Lipinski definition) is 0. The van der Waals surface area contributed by atoms with Gasteiger partial charge in [0, 0.05) is 46.2 Å². The second kappa shape index (κ2) is 5.75. The lowest BCUT2D eigenvalue weighted by Gasteiger charge is -2.11. The molecule has 120 valence electrons. The predicted octanol–water partition coefficient (Wildman–Crippen LogP) is 4.75. The van der Waals surface area contributed by atoms with E-state index >= 15 is 0 Å². The van der Waals surface area contributed by atoms with Crippen LogP contribution >= 0.6 is 0 Å². The fourth-order valence-corrected chi connectivity index (χ4v) is 3.54. The normalized spacial score (nSPS) is 11.5. The van der Waals surface area contributed by atoms with Crippen LogP contribution in [0.5, 0.6) is 0 Å². The molecule has 3 heteroatoms. The zero-order valence-corrected chi connectivity index (χ0v) is 14.4. The second-order valence-electron chi connectivity index (χ2n) is 6.36. The Bertz CT molecular complexity index is 991.